The van der Waals surface area contributed by atoms with Crippen molar-refractivity contribution in [3.8, 4) is 0 Å². The molecule has 0 aromatic heterocycles. The van der Waals surface area contributed by atoms with Gasteiger partial charge in [-0.05, 0) is 51.3 Å². The average Bonchev–Trinajstić information content (AvgIpc) is 2.34. The van der Waals surface area contributed by atoms with Crippen molar-refractivity contribution in [2.24, 2.45) is 4.99 Å². The van der Waals surface area contributed by atoms with Crippen molar-refractivity contribution in [1.82, 2.24) is 0 Å². The van der Waals surface area contributed by atoms with Crippen molar-refractivity contribution in [1.29, 1.82) is 0 Å². The van der Waals surface area contributed by atoms with Crippen LogP contribution in [0.1, 0.15) is 37.5 Å². The van der Waals surface area contributed by atoms with Crippen molar-refractivity contribution in [3.05, 3.63) is 52.7 Å². The smallest absolute Gasteiger partial charge is 0.0658 e. The molecule has 0 saturated heterocycles. The van der Waals surface area contributed by atoms with Crippen LogP contribution in [-0.2, 0) is 0 Å². The zero-order valence-corrected chi connectivity index (χ0v) is 11.4. The van der Waals surface area contributed by atoms with Crippen molar-refractivity contribution >= 4 is 11.8 Å². The molecule has 0 N–H and O–H groups in total. The minimum absolute atomic E-state index is 1.03. The van der Waals surface area contributed by atoms with Crippen LogP contribution in [0.5, 0.6) is 0 Å². The lowest BCUT2D eigenvalue weighted by Gasteiger charge is -2.12. The van der Waals surface area contributed by atoms with E-state index in [4.69, 9.17) is 0 Å². The van der Waals surface area contributed by atoms with Crippen LogP contribution >= 0.6 is 0 Å². The van der Waals surface area contributed by atoms with E-state index in [2.05, 4.69) is 56.1 Å². The Morgan fingerprint density at radius 2 is 1.76 bits per heavy atom. The molecule has 0 unspecified atom stereocenters. The molecule has 0 fully saturated rings. The van der Waals surface area contributed by atoms with Crippen molar-refractivity contribution in [3.63, 3.8) is 0 Å². The molecule has 1 aromatic rings. The summed E-state index contributed by atoms with van der Waals surface area (Å²) in [5.74, 6) is 0. The fraction of sp³-hybridized carbons (Fsp3) is 0.312. The molecular weight excluding hydrogens is 206 g/mol. The van der Waals surface area contributed by atoms with Gasteiger partial charge in [-0.1, -0.05) is 30.4 Å². The summed E-state index contributed by atoms with van der Waals surface area (Å²) in [5.41, 5.74) is 6.14. The third-order valence-corrected chi connectivity index (χ3v) is 3.00. The van der Waals surface area contributed by atoms with Gasteiger partial charge in [-0.25, -0.2) is 0 Å². The number of benzene rings is 1. The summed E-state index contributed by atoms with van der Waals surface area (Å²) in [5, 5.41) is 0. The second kappa shape index (κ2) is 6.19. The number of rotatable bonds is 3. The number of hydrogen-bond donors (Lipinski definition) is 0. The molecule has 0 radical (unpaired) electrons. The monoisotopic (exact) mass is 227 g/mol. The number of allylic oxidation sites excluding steroid dienone is 3. The van der Waals surface area contributed by atoms with Crippen LogP contribution in [0.25, 0.3) is 5.57 Å². The van der Waals surface area contributed by atoms with Gasteiger partial charge in [0.2, 0.25) is 0 Å². The maximum atomic E-state index is 4.43. The SMILES string of the molecule is CC=NC(=C\C)/C(=C\C)c1cccc(C)c1C. The highest BCUT2D eigenvalue weighted by Crippen LogP contribution is 2.28. The quantitative estimate of drug-likeness (QED) is 0.524. The lowest BCUT2D eigenvalue weighted by molar-refractivity contribution is 1.29. The minimum Gasteiger partial charge on any atom is -0.261 e. The van der Waals surface area contributed by atoms with Crippen LogP contribution in [0.15, 0.2) is 41.0 Å². The Labute approximate surface area is 105 Å². The van der Waals surface area contributed by atoms with Gasteiger partial charge in [-0.3, -0.25) is 4.99 Å². The first kappa shape index (κ1) is 13.4. The van der Waals surface area contributed by atoms with Gasteiger partial charge in [0.05, 0.1) is 5.70 Å². The highest BCUT2D eigenvalue weighted by molar-refractivity contribution is 5.82. The number of aryl methyl sites for hydroxylation is 1. The van der Waals surface area contributed by atoms with E-state index in [0.29, 0.717) is 0 Å². The second-order valence-electron chi connectivity index (χ2n) is 4.01. The summed E-state index contributed by atoms with van der Waals surface area (Å²) in [4.78, 5) is 4.43. The molecular formula is C16H21N. The van der Waals surface area contributed by atoms with Crippen LogP contribution in [0.2, 0.25) is 0 Å². The minimum atomic E-state index is 1.03. The molecule has 1 heteroatoms. The maximum absolute atomic E-state index is 4.43. The Kier molecular flexibility index (Phi) is 4.89. The Morgan fingerprint density at radius 1 is 1.06 bits per heavy atom. The molecule has 1 rings (SSSR count). The molecule has 0 amide bonds. The van der Waals surface area contributed by atoms with Crippen LogP contribution in [-0.4, -0.2) is 6.21 Å². The van der Waals surface area contributed by atoms with Crippen LogP contribution in [0.4, 0.5) is 0 Å². The highest BCUT2D eigenvalue weighted by atomic mass is 14.7. The number of hydrogen-bond acceptors (Lipinski definition) is 1. The molecule has 0 aliphatic heterocycles. The molecule has 0 spiro atoms. The normalized spacial score (nSPS) is 13.5. The van der Waals surface area contributed by atoms with Gasteiger partial charge in [0.25, 0.3) is 0 Å². The molecule has 0 heterocycles. The molecule has 90 valence electrons. The number of aliphatic imine (C=N–C) groups is 1. The predicted molar refractivity (Wildman–Crippen MR) is 77.5 cm³/mol. The van der Waals surface area contributed by atoms with Crippen molar-refractivity contribution in [2.75, 3.05) is 0 Å². The zero-order chi connectivity index (χ0) is 12.8. The fourth-order valence-corrected chi connectivity index (χ4v) is 1.92. The summed E-state index contributed by atoms with van der Waals surface area (Å²) in [7, 11) is 0. The Morgan fingerprint density at radius 3 is 2.29 bits per heavy atom. The van der Waals surface area contributed by atoms with Gasteiger partial charge in [0.15, 0.2) is 0 Å². The highest BCUT2D eigenvalue weighted by Gasteiger charge is 2.08. The zero-order valence-electron chi connectivity index (χ0n) is 11.4. The van der Waals surface area contributed by atoms with Gasteiger partial charge >= 0.3 is 0 Å². The molecule has 1 aromatic carbocycles. The predicted octanol–water partition coefficient (Wildman–Crippen LogP) is 4.70. The fourth-order valence-electron chi connectivity index (χ4n) is 1.92. The topological polar surface area (TPSA) is 12.4 Å². The first-order valence-corrected chi connectivity index (χ1v) is 6.04. The summed E-state index contributed by atoms with van der Waals surface area (Å²) in [6.07, 6.45) is 6.02. The molecule has 0 aliphatic carbocycles. The lowest BCUT2D eigenvalue weighted by Crippen LogP contribution is -1.94. The van der Waals surface area contributed by atoms with Gasteiger partial charge in [0, 0.05) is 11.8 Å². The number of nitrogens with zero attached hydrogens (tertiary/aromatic N) is 1. The molecule has 0 bridgehead atoms. The standard InChI is InChI=1S/C16H21N/c1-6-14(16(7-2)17-8-3)15-11-9-10-12(4)13(15)5/h6-11H,1-5H3/b14-6-,16-7-,17-8?. The van der Waals surface area contributed by atoms with Crippen LogP contribution in [0.3, 0.4) is 0 Å². The molecule has 1 nitrogen and oxygen atoms in total. The van der Waals surface area contributed by atoms with Crippen LogP contribution < -0.4 is 0 Å². The summed E-state index contributed by atoms with van der Waals surface area (Å²) in [6.45, 7) is 10.3. The van der Waals surface area contributed by atoms with E-state index in [1.54, 1.807) is 0 Å². The second-order valence-corrected chi connectivity index (χ2v) is 4.01. The molecule has 0 atom stereocenters. The maximum Gasteiger partial charge on any atom is 0.0658 e. The molecule has 0 aliphatic rings. The third kappa shape index (κ3) is 2.94. The van der Waals surface area contributed by atoms with Crippen molar-refractivity contribution in [2.45, 2.75) is 34.6 Å². The van der Waals surface area contributed by atoms with E-state index < -0.39 is 0 Å². The van der Waals surface area contributed by atoms with Gasteiger partial charge in [-0.15, -0.1) is 0 Å². The van der Waals surface area contributed by atoms with Crippen molar-refractivity contribution < 1.29 is 0 Å². The van der Waals surface area contributed by atoms with E-state index in [1.165, 1.54) is 22.3 Å². The van der Waals surface area contributed by atoms with E-state index >= 15 is 0 Å². The first-order valence-electron chi connectivity index (χ1n) is 6.04. The summed E-state index contributed by atoms with van der Waals surface area (Å²) < 4.78 is 0. The van der Waals surface area contributed by atoms with Gasteiger partial charge < -0.3 is 0 Å². The Balaban J connectivity index is 3.34. The van der Waals surface area contributed by atoms with E-state index in [1.807, 2.05) is 20.1 Å². The third-order valence-electron chi connectivity index (χ3n) is 3.00. The van der Waals surface area contributed by atoms with Gasteiger partial charge in [0.1, 0.15) is 0 Å². The van der Waals surface area contributed by atoms with E-state index in [9.17, 15) is 0 Å². The van der Waals surface area contributed by atoms with E-state index in [-0.39, 0.29) is 0 Å². The first-order chi connectivity index (χ1) is 8.15. The lowest BCUT2D eigenvalue weighted by atomic mass is 9.95. The summed E-state index contributed by atoms with van der Waals surface area (Å²) in [6, 6.07) is 6.40. The average molecular weight is 227 g/mol. The Hall–Kier alpha value is -1.63. The molecule has 0 saturated carbocycles. The summed E-state index contributed by atoms with van der Waals surface area (Å²) >= 11 is 0. The van der Waals surface area contributed by atoms with Gasteiger partial charge in [-0.2, -0.15) is 0 Å². The van der Waals surface area contributed by atoms with E-state index in [0.717, 1.165) is 5.70 Å². The molecule has 17 heavy (non-hydrogen) atoms. The Bertz CT molecular complexity index is 476. The largest absolute Gasteiger partial charge is 0.261 e. The van der Waals surface area contributed by atoms with Crippen LogP contribution in [0, 0.1) is 13.8 Å².